The summed E-state index contributed by atoms with van der Waals surface area (Å²) in [5.41, 5.74) is 1.86. The molecule has 2 aromatic carbocycles. The molecule has 0 fully saturated rings. The third kappa shape index (κ3) is 3.80. The van der Waals surface area contributed by atoms with Crippen molar-refractivity contribution < 1.29 is 4.92 Å². The first-order chi connectivity index (χ1) is 9.58. The van der Waals surface area contributed by atoms with Crippen molar-refractivity contribution in [3.63, 3.8) is 0 Å². The molecule has 0 saturated heterocycles. The molecule has 0 aromatic heterocycles. The van der Waals surface area contributed by atoms with E-state index in [-0.39, 0.29) is 10.6 Å². The molecule has 104 valence electrons. The van der Waals surface area contributed by atoms with Crippen molar-refractivity contribution in [1.29, 1.82) is 0 Å². The van der Waals surface area contributed by atoms with Crippen LogP contribution < -0.4 is 5.32 Å². The zero-order chi connectivity index (χ0) is 14.5. The van der Waals surface area contributed by atoms with Crippen LogP contribution in [0, 0.1) is 10.1 Å². The summed E-state index contributed by atoms with van der Waals surface area (Å²) in [6, 6.07) is 12.7. The zero-order valence-electron chi connectivity index (χ0n) is 10.5. The number of para-hydroxylation sites is 1. The molecule has 0 radical (unpaired) electrons. The Balaban J connectivity index is 2.03. The Labute approximate surface area is 133 Å². The Hall–Kier alpha value is -1.40. The molecule has 0 heterocycles. The normalized spacial score (nSPS) is 10.3. The van der Waals surface area contributed by atoms with Gasteiger partial charge < -0.3 is 5.32 Å². The summed E-state index contributed by atoms with van der Waals surface area (Å²) in [5, 5.41) is 14.2. The minimum atomic E-state index is -0.343. The summed E-state index contributed by atoms with van der Waals surface area (Å²) in [6.45, 7) is 0.625. The molecule has 0 aliphatic rings. The molecule has 0 unspecified atom stereocenters. The number of nitro groups is 1. The van der Waals surface area contributed by atoms with Gasteiger partial charge in [-0.05, 0) is 40.5 Å². The van der Waals surface area contributed by atoms with Crippen LogP contribution >= 0.6 is 31.9 Å². The van der Waals surface area contributed by atoms with E-state index in [2.05, 4.69) is 37.2 Å². The van der Waals surface area contributed by atoms with Crippen molar-refractivity contribution in [1.82, 2.24) is 0 Å². The number of nitrogens with one attached hydrogen (secondary N) is 1. The minimum absolute atomic E-state index is 0.169. The maximum Gasteiger partial charge on any atom is 0.272 e. The van der Waals surface area contributed by atoms with Gasteiger partial charge in [0.15, 0.2) is 0 Å². The zero-order valence-corrected chi connectivity index (χ0v) is 13.6. The fourth-order valence-electron chi connectivity index (χ4n) is 1.87. The number of benzene rings is 2. The Morgan fingerprint density at radius 2 is 1.90 bits per heavy atom. The van der Waals surface area contributed by atoms with Gasteiger partial charge in [-0.1, -0.05) is 34.1 Å². The fraction of sp³-hybridized carbons (Fsp3) is 0.143. The number of hydrogen-bond acceptors (Lipinski definition) is 3. The fourth-order valence-corrected chi connectivity index (χ4v) is 2.61. The van der Waals surface area contributed by atoms with E-state index in [9.17, 15) is 10.1 Å². The second-order valence-electron chi connectivity index (χ2n) is 4.19. The standard InChI is InChI=1S/C14H12Br2N2O2/c15-11-5-6-12(16)13(9-11)17-8-7-10-3-1-2-4-14(10)18(19)20/h1-6,9,17H,7-8H2. The molecule has 1 N–H and O–H groups in total. The molecule has 2 aromatic rings. The van der Waals surface area contributed by atoms with Crippen molar-refractivity contribution in [3.8, 4) is 0 Å². The van der Waals surface area contributed by atoms with Crippen LogP contribution in [-0.4, -0.2) is 11.5 Å². The van der Waals surface area contributed by atoms with Gasteiger partial charge >= 0.3 is 0 Å². The highest BCUT2D eigenvalue weighted by Gasteiger charge is 2.11. The van der Waals surface area contributed by atoms with Gasteiger partial charge in [0.25, 0.3) is 5.69 Å². The van der Waals surface area contributed by atoms with Crippen LogP contribution in [-0.2, 0) is 6.42 Å². The lowest BCUT2D eigenvalue weighted by Gasteiger charge is -2.09. The average molecular weight is 400 g/mol. The van der Waals surface area contributed by atoms with Gasteiger partial charge in [0, 0.05) is 32.8 Å². The molecule has 0 saturated carbocycles. The Morgan fingerprint density at radius 3 is 2.65 bits per heavy atom. The first-order valence-electron chi connectivity index (χ1n) is 5.99. The summed E-state index contributed by atoms with van der Waals surface area (Å²) in [5.74, 6) is 0. The van der Waals surface area contributed by atoms with E-state index >= 15 is 0 Å². The molecule has 0 spiro atoms. The summed E-state index contributed by atoms with van der Waals surface area (Å²) >= 11 is 6.88. The Bertz CT molecular complexity index is 632. The average Bonchev–Trinajstić information content (AvgIpc) is 2.43. The largest absolute Gasteiger partial charge is 0.384 e. The van der Waals surface area contributed by atoms with Crippen LogP contribution in [0.25, 0.3) is 0 Å². The molecule has 0 atom stereocenters. The molecule has 20 heavy (non-hydrogen) atoms. The van der Waals surface area contributed by atoms with E-state index in [1.165, 1.54) is 6.07 Å². The van der Waals surface area contributed by atoms with Crippen LogP contribution in [0.4, 0.5) is 11.4 Å². The lowest BCUT2D eigenvalue weighted by Crippen LogP contribution is -2.07. The van der Waals surface area contributed by atoms with Crippen molar-refractivity contribution in [3.05, 3.63) is 67.1 Å². The quantitative estimate of drug-likeness (QED) is 0.581. The van der Waals surface area contributed by atoms with E-state index < -0.39 is 0 Å². The summed E-state index contributed by atoms with van der Waals surface area (Å²) < 4.78 is 1.94. The highest BCUT2D eigenvalue weighted by atomic mass is 79.9. The van der Waals surface area contributed by atoms with E-state index in [0.717, 1.165) is 20.2 Å². The first-order valence-corrected chi connectivity index (χ1v) is 7.58. The first kappa shape index (κ1) is 15.0. The lowest BCUT2D eigenvalue weighted by molar-refractivity contribution is -0.385. The predicted octanol–water partition coefficient (Wildman–Crippen LogP) is 4.77. The maximum atomic E-state index is 10.9. The SMILES string of the molecule is O=[N+]([O-])c1ccccc1CCNc1cc(Br)ccc1Br. The Morgan fingerprint density at radius 1 is 1.15 bits per heavy atom. The number of nitrogens with zero attached hydrogens (tertiary/aromatic N) is 1. The minimum Gasteiger partial charge on any atom is -0.384 e. The third-order valence-corrected chi connectivity index (χ3v) is 4.01. The maximum absolute atomic E-state index is 10.9. The van der Waals surface area contributed by atoms with Gasteiger partial charge in [-0.2, -0.15) is 0 Å². The monoisotopic (exact) mass is 398 g/mol. The molecule has 4 nitrogen and oxygen atoms in total. The van der Waals surface area contributed by atoms with Gasteiger partial charge in [0.1, 0.15) is 0 Å². The highest BCUT2D eigenvalue weighted by Crippen LogP contribution is 2.26. The number of rotatable bonds is 5. The molecule has 6 heteroatoms. The van der Waals surface area contributed by atoms with Crippen LogP contribution in [0.3, 0.4) is 0 Å². The van der Waals surface area contributed by atoms with Crippen LogP contribution in [0.15, 0.2) is 51.4 Å². The van der Waals surface area contributed by atoms with Crippen LogP contribution in [0.2, 0.25) is 0 Å². The second kappa shape index (κ2) is 6.85. The number of halogens is 2. The van der Waals surface area contributed by atoms with Gasteiger partial charge in [0.05, 0.1) is 4.92 Å². The molecule has 0 aliphatic carbocycles. The van der Waals surface area contributed by atoms with Gasteiger partial charge in [-0.15, -0.1) is 0 Å². The van der Waals surface area contributed by atoms with Crippen molar-refractivity contribution in [2.75, 3.05) is 11.9 Å². The van der Waals surface area contributed by atoms with Gasteiger partial charge in [-0.25, -0.2) is 0 Å². The topological polar surface area (TPSA) is 55.2 Å². The second-order valence-corrected chi connectivity index (χ2v) is 5.96. The lowest BCUT2D eigenvalue weighted by atomic mass is 10.1. The van der Waals surface area contributed by atoms with Crippen LogP contribution in [0.1, 0.15) is 5.56 Å². The van der Waals surface area contributed by atoms with Gasteiger partial charge in [0.2, 0.25) is 0 Å². The van der Waals surface area contributed by atoms with Gasteiger partial charge in [-0.3, -0.25) is 10.1 Å². The summed E-state index contributed by atoms with van der Waals surface area (Å²) in [4.78, 5) is 10.6. The van der Waals surface area contributed by atoms with Crippen molar-refractivity contribution >= 4 is 43.2 Å². The van der Waals surface area contributed by atoms with E-state index in [0.29, 0.717) is 13.0 Å². The molecule has 0 bridgehead atoms. The molecular weight excluding hydrogens is 388 g/mol. The highest BCUT2D eigenvalue weighted by molar-refractivity contribution is 9.11. The molecule has 0 aliphatic heterocycles. The summed E-state index contributed by atoms with van der Waals surface area (Å²) in [6.07, 6.45) is 0.593. The molecule has 0 amide bonds. The summed E-state index contributed by atoms with van der Waals surface area (Å²) in [7, 11) is 0. The van der Waals surface area contributed by atoms with Crippen LogP contribution in [0.5, 0.6) is 0 Å². The van der Waals surface area contributed by atoms with E-state index in [4.69, 9.17) is 0 Å². The van der Waals surface area contributed by atoms with E-state index in [1.807, 2.05) is 24.3 Å². The number of hydrogen-bond donors (Lipinski definition) is 1. The molecular formula is C14H12Br2N2O2. The van der Waals surface area contributed by atoms with Crippen molar-refractivity contribution in [2.45, 2.75) is 6.42 Å². The van der Waals surface area contributed by atoms with Crippen molar-refractivity contribution in [2.24, 2.45) is 0 Å². The predicted molar refractivity (Wildman–Crippen MR) is 87.1 cm³/mol. The number of nitro benzene ring substituents is 1. The Kier molecular flexibility index (Phi) is 5.14. The van der Waals surface area contributed by atoms with E-state index in [1.54, 1.807) is 12.1 Å². The third-order valence-electron chi connectivity index (χ3n) is 2.83. The number of anilines is 1. The molecule has 2 rings (SSSR count). The smallest absolute Gasteiger partial charge is 0.272 e.